The molecule has 22 heavy (non-hydrogen) atoms. The van der Waals surface area contributed by atoms with Crippen LogP contribution in [0.1, 0.15) is 37.2 Å². The van der Waals surface area contributed by atoms with E-state index in [1.807, 2.05) is 4.57 Å². The van der Waals surface area contributed by atoms with Crippen molar-refractivity contribution in [1.29, 1.82) is 0 Å². The number of aromatic hydroxyl groups is 1. The molecule has 2 N–H and O–H groups in total. The van der Waals surface area contributed by atoms with Crippen LogP contribution in [0.2, 0.25) is 0 Å². The van der Waals surface area contributed by atoms with Gasteiger partial charge in [-0.25, -0.2) is 0 Å². The minimum absolute atomic E-state index is 0.151. The second kappa shape index (κ2) is 6.40. The largest absolute Gasteiger partial charge is 0.503 e. The Bertz CT molecular complexity index is 587. The molecule has 0 atom stereocenters. The Kier molecular flexibility index (Phi) is 4.52. The van der Waals surface area contributed by atoms with Crippen LogP contribution in [0.15, 0.2) is 10.9 Å². The lowest BCUT2D eigenvalue weighted by atomic mass is 10.2. The summed E-state index contributed by atoms with van der Waals surface area (Å²) in [6, 6.07) is 1.69. The van der Waals surface area contributed by atoms with Crippen molar-refractivity contribution in [3.05, 3.63) is 27.7 Å². The first kappa shape index (κ1) is 15.5. The maximum absolute atomic E-state index is 12.0. The van der Waals surface area contributed by atoms with E-state index < -0.39 is 0 Å². The molecule has 0 radical (unpaired) electrons. The Morgan fingerprint density at radius 2 is 1.82 bits per heavy atom. The summed E-state index contributed by atoms with van der Waals surface area (Å²) in [4.78, 5) is 16.6. The molecule has 2 aliphatic rings. The third-order valence-electron chi connectivity index (χ3n) is 4.76. The van der Waals surface area contributed by atoms with Gasteiger partial charge in [0.1, 0.15) is 0 Å². The molecule has 0 aromatic carbocycles. The monoisotopic (exact) mass is 307 g/mol. The fourth-order valence-corrected chi connectivity index (χ4v) is 3.25. The van der Waals surface area contributed by atoms with Crippen LogP contribution in [0.4, 0.5) is 0 Å². The first-order valence-corrected chi connectivity index (χ1v) is 8.15. The molecule has 122 valence electrons. The predicted octanol–water partition coefficient (Wildman–Crippen LogP) is 0.519. The van der Waals surface area contributed by atoms with Gasteiger partial charge in [-0.3, -0.25) is 9.69 Å². The molecular formula is C16H25N3O3. The molecule has 6 heteroatoms. The molecule has 1 aromatic rings. The Hall–Kier alpha value is -1.37. The number of rotatable bonds is 5. The molecule has 0 bridgehead atoms. The molecule has 2 heterocycles. The van der Waals surface area contributed by atoms with E-state index in [1.54, 1.807) is 0 Å². The summed E-state index contributed by atoms with van der Waals surface area (Å²) in [6.45, 7) is 7.55. The molecule has 3 rings (SSSR count). The summed E-state index contributed by atoms with van der Waals surface area (Å²) in [7, 11) is 0. The zero-order valence-electron chi connectivity index (χ0n) is 13.2. The van der Waals surface area contributed by atoms with Gasteiger partial charge in [0, 0.05) is 50.5 Å². The SMILES string of the molecule is CCN1CCN(Cc2c(O)c(=O)cc(CO)n2C2CC2)CC1. The second-order valence-electron chi connectivity index (χ2n) is 6.26. The highest BCUT2D eigenvalue weighted by Crippen LogP contribution is 2.38. The highest BCUT2D eigenvalue weighted by atomic mass is 16.3. The van der Waals surface area contributed by atoms with Gasteiger partial charge >= 0.3 is 0 Å². The maximum atomic E-state index is 12.0. The molecule has 0 amide bonds. The Morgan fingerprint density at radius 1 is 1.18 bits per heavy atom. The van der Waals surface area contributed by atoms with Gasteiger partial charge < -0.3 is 19.7 Å². The van der Waals surface area contributed by atoms with Gasteiger partial charge in [-0.15, -0.1) is 0 Å². The minimum atomic E-state index is -0.386. The lowest BCUT2D eigenvalue weighted by Gasteiger charge is -2.34. The molecule has 2 fully saturated rings. The van der Waals surface area contributed by atoms with Crippen molar-refractivity contribution < 1.29 is 10.2 Å². The van der Waals surface area contributed by atoms with E-state index in [1.165, 1.54) is 6.07 Å². The Balaban J connectivity index is 1.86. The summed E-state index contributed by atoms with van der Waals surface area (Å²) in [5.41, 5.74) is 0.902. The fourth-order valence-electron chi connectivity index (χ4n) is 3.25. The van der Waals surface area contributed by atoms with E-state index in [0.29, 0.717) is 24.0 Å². The first-order chi connectivity index (χ1) is 10.6. The average molecular weight is 307 g/mol. The Morgan fingerprint density at radius 3 is 2.36 bits per heavy atom. The van der Waals surface area contributed by atoms with Crippen molar-refractivity contribution in [2.24, 2.45) is 0 Å². The number of aliphatic hydroxyl groups excluding tert-OH is 1. The second-order valence-corrected chi connectivity index (χ2v) is 6.26. The topological polar surface area (TPSA) is 68.9 Å². The van der Waals surface area contributed by atoms with Crippen LogP contribution in [0, 0.1) is 0 Å². The third-order valence-corrected chi connectivity index (χ3v) is 4.76. The van der Waals surface area contributed by atoms with Crippen LogP contribution < -0.4 is 5.43 Å². The van der Waals surface area contributed by atoms with Gasteiger partial charge in [0.2, 0.25) is 5.43 Å². The van der Waals surface area contributed by atoms with Crippen LogP contribution >= 0.6 is 0 Å². The van der Waals surface area contributed by atoms with Crippen molar-refractivity contribution in [1.82, 2.24) is 14.4 Å². The predicted molar refractivity (Wildman–Crippen MR) is 84.0 cm³/mol. The zero-order chi connectivity index (χ0) is 15.7. The van der Waals surface area contributed by atoms with E-state index in [4.69, 9.17) is 0 Å². The quantitative estimate of drug-likeness (QED) is 0.830. The number of piperazine rings is 1. The number of pyridine rings is 1. The molecule has 1 aliphatic heterocycles. The molecule has 1 saturated carbocycles. The fraction of sp³-hybridized carbons (Fsp3) is 0.688. The average Bonchev–Trinajstić information content (AvgIpc) is 3.37. The van der Waals surface area contributed by atoms with E-state index in [-0.39, 0.29) is 17.8 Å². The van der Waals surface area contributed by atoms with Gasteiger partial charge in [0.25, 0.3) is 0 Å². The van der Waals surface area contributed by atoms with Gasteiger partial charge in [0.05, 0.1) is 12.3 Å². The smallest absolute Gasteiger partial charge is 0.223 e. The molecule has 1 aliphatic carbocycles. The summed E-state index contributed by atoms with van der Waals surface area (Å²) < 4.78 is 1.99. The molecule has 1 saturated heterocycles. The minimum Gasteiger partial charge on any atom is -0.503 e. The summed E-state index contributed by atoms with van der Waals surface area (Å²) in [5.74, 6) is -0.151. The number of likely N-dealkylation sites (N-methyl/N-ethyl adjacent to an activating group) is 1. The highest BCUT2D eigenvalue weighted by molar-refractivity contribution is 5.31. The normalized spacial score (nSPS) is 20.5. The molecular weight excluding hydrogens is 282 g/mol. The maximum Gasteiger partial charge on any atom is 0.223 e. The van der Waals surface area contributed by atoms with Crippen molar-refractivity contribution in [3.8, 4) is 5.75 Å². The first-order valence-electron chi connectivity index (χ1n) is 8.15. The van der Waals surface area contributed by atoms with Crippen molar-refractivity contribution in [2.45, 2.75) is 39.0 Å². The number of hydrogen-bond donors (Lipinski definition) is 2. The van der Waals surface area contributed by atoms with Gasteiger partial charge in [-0.05, 0) is 19.4 Å². The van der Waals surface area contributed by atoms with Gasteiger partial charge in [-0.2, -0.15) is 0 Å². The van der Waals surface area contributed by atoms with Crippen molar-refractivity contribution in [3.63, 3.8) is 0 Å². The van der Waals surface area contributed by atoms with Crippen molar-refractivity contribution >= 4 is 0 Å². The summed E-state index contributed by atoms with van der Waals surface area (Å²) >= 11 is 0. The van der Waals surface area contributed by atoms with Crippen LogP contribution in [0.3, 0.4) is 0 Å². The third kappa shape index (κ3) is 3.04. The summed E-state index contributed by atoms with van der Waals surface area (Å²) in [5, 5.41) is 19.8. The summed E-state index contributed by atoms with van der Waals surface area (Å²) in [6.07, 6.45) is 2.10. The van der Waals surface area contributed by atoms with Crippen LogP contribution in [0.5, 0.6) is 5.75 Å². The van der Waals surface area contributed by atoms with Gasteiger partial charge in [0.15, 0.2) is 5.75 Å². The molecule has 1 aromatic heterocycles. The number of hydrogen-bond acceptors (Lipinski definition) is 5. The Labute approximate surface area is 130 Å². The highest BCUT2D eigenvalue weighted by Gasteiger charge is 2.30. The van der Waals surface area contributed by atoms with E-state index in [2.05, 4.69) is 16.7 Å². The molecule has 6 nitrogen and oxygen atoms in total. The van der Waals surface area contributed by atoms with Crippen LogP contribution in [-0.2, 0) is 13.2 Å². The van der Waals surface area contributed by atoms with E-state index in [0.717, 1.165) is 45.6 Å². The lowest BCUT2D eigenvalue weighted by molar-refractivity contribution is 0.128. The van der Waals surface area contributed by atoms with Crippen molar-refractivity contribution in [2.75, 3.05) is 32.7 Å². The van der Waals surface area contributed by atoms with Crippen LogP contribution in [0.25, 0.3) is 0 Å². The van der Waals surface area contributed by atoms with E-state index in [9.17, 15) is 15.0 Å². The number of aromatic nitrogens is 1. The molecule has 0 spiro atoms. The lowest BCUT2D eigenvalue weighted by Crippen LogP contribution is -2.46. The number of aliphatic hydroxyl groups is 1. The van der Waals surface area contributed by atoms with E-state index >= 15 is 0 Å². The molecule has 0 unspecified atom stereocenters. The number of nitrogens with zero attached hydrogens (tertiary/aromatic N) is 3. The zero-order valence-corrected chi connectivity index (χ0v) is 13.2. The standard InChI is InChI=1S/C16H25N3O3/c1-2-17-5-7-18(8-6-17)10-14-16(22)15(21)9-13(11-20)19(14)12-3-4-12/h9,12,20,22H,2-8,10-11H2,1H3. The van der Waals surface area contributed by atoms with Gasteiger partial charge in [-0.1, -0.05) is 6.92 Å². The van der Waals surface area contributed by atoms with Crippen LogP contribution in [-0.4, -0.2) is 57.3 Å².